The fraction of sp³-hybridized carbons (Fsp3) is 0.500. The van der Waals surface area contributed by atoms with E-state index in [-0.39, 0.29) is 10.2 Å². The van der Waals surface area contributed by atoms with Gasteiger partial charge in [-0.3, -0.25) is 0 Å². The molecule has 0 aromatic heterocycles. The minimum Gasteiger partial charge on any atom is -0.247 e. The molecule has 0 radical (unpaired) electrons. The third-order valence-corrected chi connectivity index (χ3v) is 4.70. The van der Waals surface area contributed by atoms with Gasteiger partial charge in [0, 0.05) is 10.2 Å². The van der Waals surface area contributed by atoms with Gasteiger partial charge in [-0.1, -0.05) is 52.7 Å². The topological polar surface area (TPSA) is 0 Å². The van der Waals surface area contributed by atoms with Gasteiger partial charge < -0.3 is 0 Å². The lowest BCUT2D eigenvalue weighted by Crippen LogP contribution is -2.07. The van der Waals surface area contributed by atoms with Crippen LogP contribution in [0.2, 0.25) is 0 Å². The molecule has 0 spiro atoms. The van der Waals surface area contributed by atoms with Crippen LogP contribution in [0.4, 0.5) is 4.39 Å². The summed E-state index contributed by atoms with van der Waals surface area (Å²) in [5, 5.41) is 0. The van der Waals surface area contributed by atoms with E-state index in [4.69, 9.17) is 0 Å². The molecule has 1 aliphatic carbocycles. The second-order valence-electron chi connectivity index (χ2n) is 4.45. The minimum absolute atomic E-state index is 0.144. The van der Waals surface area contributed by atoms with Gasteiger partial charge in [-0.15, -0.1) is 0 Å². The Bertz CT molecular complexity index is 333. The molecule has 0 nitrogen and oxygen atoms in total. The van der Waals surface area contributed by atoms with Gasteiger partial charge in [-0.25, -0.2) is 4.39 Å². The van der Waals surface area contributed by atoms with Gasteiger partial charge in [-0.05, 0) is 18.9 Å². The fourth-order valence-electron chi connectivity index (χ4n) is 1.71. The fourth-order valence-corrected chi connectivity index (χ4v) is 2.48. The zero-order valence-electron chi connectivity index (χ0n) is 8.43. The van der Waals surface area contributed by atoms with E-state index in [0.717, 1.165) is 0 Å². The van der Waals surface area contributed by atoms with E-state index in [1.165, 1.54) is 11.1 Å². The first-order chi connectivity index (χ1) is 6.54. The minimum atomic E-state index is -0.645. The van der Waals surface area contributed by atoms with Gasteiger partial charge >= 0.3 is 0 Å². The van der Waals surface area contributed by atoms with Gasteiger partial charge in [0.25, 0.3) is 0 Å². The van der Waals surface area contributed by atoms with Crippen molar-refractivity contribution in [3.8, 4) is 0 Å². The predicted molar refractivity (Wildman–Crippen MR) is 60.5 cm³/mol. The van der Waals surface area contributed by atoms with E-state index in [1.54, 1.807) is 0 Å². The molecule has 0 heterocycles. The van der Waals surface area contributed by atoms with Gasteiger partial charge in [0.05, 0.1) is 0 Å². The quantitative estimate of drug-likeness (QED) is 0.697. The molecule has 0 saturated heterocycles. The van der Waals surface area contributed by atoms with Gasteiger partial charge in [0.15, 0.2) is 0 Å². The average Bonchev–Trinajstić information content (AvgIpc) is 2.76. The van der Waals surface area contributed by atoms with Crippen LogP contribution in [0.3, 0.4) is 0 Å². The van der Waals surface area contributed by atoms with E-state index < -0.39 is 6.17 Å². The van der Waals surface area contributed by atoms with E-state index in [0.29, 0.717) is 6.42 Å². The third kappa shape index (κ3) is 1.60. The molecule has 0 bridgehead atoms. The van der Waals surface area contributed by atoms with Crippen molar-refractivity contribution in [1.82, 2.24) is 0 Å². The molecule has 0 aliphatic heterocycles. The number of halogens is 2. The normalized spacial score (nSPS) is 32.7. The van der Waals surface area contributed by atoms with E-state index >= 15 is 0 Å². The smallest absolute Gasteiger partial charge is 0.108 e. The second kappa shape index (κ2) is 3.34. The first-order valence-electron chi connectivity index (χ1n) is 4.89. The molecule has 0 amide bonds. The zero-order chi connectivity index (χ0) is 10.3. The van der Waals surface area contributed by atoms with Crippen LogP contribution in [0.1, 0.15) is 29.3 Å². The van der Waals surface area contributed by atoms with E-state index in [9.17, 15) is 4.39 Å². The molecule has 1 aromatic carbocycles. The molecular weight excluding hydrogens is 243 g/mol. The molecule has 1 fully saturated rings. The highest BCUT2D eigenvalue weighted by Gasteiger charge is 2.55. The van der Waals surface area contributed by atoms with Crippen LogP contribution >= 0.6 is 15.9 Å². The van der Waals surface area contributed by atoms with Crippen molar-refractivity contribution in [2.24, 2.45) is 5.41 Å². The highest BCUT2D eigenvalue weighted by molar-refractivity contribution is 9.09. The standard InChI is InChI=1S/C12H14BrF/c1-8-3-5-9(6-4-8)11(13)12(2)7-10(12)14/h3-6,10-11H,7H2,1-2H3. The highest BCUT2D eigenvalue weighted by atomic mass is 79.9. The highest BCUT2D eigenvalue weighted by Crippen LogP contribution is 2.60. The molecule has 3 unspecified atom stereocenters. The monoisotopic (exact) mass is 256 g/mol. The van der Waals surface area contributed by atoms with Gasteiger partial charge in [0.2, 0.25) is 0 Å². The summed E-state index contributed by atoms with van der Waals surface area (Å²) < 4.78 is 13.1. The van der Waals surface area contributed by atoms with Crippen molar-refractivity contribution in [1.29, 1.82) is 0 Å². The Morgan fingerprint density at radius 1 is 1.43 bits per heavy atom. The van der Waals surface area contributed by atoms with Gasteiger partial charge in [0.1, 0.15) is 6.17 Å². The van der Waals surface area contributed by atoms with Crippen LogP contribution in [-0.2, 0) is 0 Å². The lowest BCUT2D eigenvalue weighted by molar-refractivity contribution is 0.375. The third-order valence-electron chi connectivity index (χ3n) is 3.12. The lowest BCUT2D eigenvalue weighted by atomic mass is 9.97. The number of aryl methyl sites for hydroxylation is 1. The Hall–Kier alpha value is -0.370. The Morgan fingerprint density at radius 3 is 2.36 bits per heavy atom. The summed E-state index contributed by atoms with van der Waals surface area (Å²) in [6.07, 6.45) is 0.0322. The maximum absolute atomic E-state index is 13.1. The average molecular weight is 257 g/mol. The number of hydrogen-bond acceptors (Lipinski definition) is 0. The molecule has 1 aromatic rings. The molecule has 1 aliphatic rings. The summed E-state index contributed by atoms with van der Waals surface area (Å²) in [5.41, 5.74) is 2.24. The van der Waals surface area contributed by atoms with Crippen molar-refractivity contribution in [3.63, 3.8) is 0 Å². The van der Waals surface area contributed by atoms with Crippen molar-refractivity contribution < 1.29 is 4.39 Å². The molecule has 2 heteroatoms. The lowest BCUT2D eigenvalue weighted by Gasteiger charge is -2.17. The molecule has 76 valence electrons. The number of rotatable bonds is 2. The van der Waals surface area contributed by atoms with Crippen molar-refractivity contribution >= 4 is 15.9 Å². The van der Waals surface area contributed by atoms with Crippen LogP contribution < -0.4 is 0 Å². The molecule has 3 atom stereocenters. The predicted octanol–water partition coefficient (Wildman–Crippen LogP) is 4.18. The largest absolute Gasteiger partial charge is 0.247 e. The van der Waals surface area contributed by atoms with Gasteiger partial charge in [-0.2, -0.15) is 0 Å². The van der Waals surface area contributed by atoms with Crippen LogP contribution in [-0.4, -0.2) is 6.17 Å². The SMILES string of the molecule is Cc1ccc(C(Br)C2(C)CC2F)cc1. The van der Waals surface area contributed by atoms with E-state index in [1.807, 2.05) is 6.92 Å². The molecular formula is C12H14BrF. The van der Waals surface area contributed by atoms with Crippen LogP contribution in [0, 0.1) is 12.3 Å². The summed E-state index contributed by atoms with van der Waals surface area (Å²) in [6, 6.07) is 8.29. The second-order valence-corrected chi connectivity index (χ2v) is 5.37. The maximum Gasteiger partial charge on any atom is 0.108 e. The Kier molecular flexibility index (Phi) is 2.42. The number of hydrogen-bond donors (Lipinski definition) is 0. The summed E-state index contributed by atoms with van der Waals surface area (Å²) in [4.78, 5) is 0.144. The zero-order valence-corrected chi connectivity index (χ0v) is 10.0. The Morgan fingerprint density at radius 2 is 1.93 bits per heavy atom. The number of alkyl halides is 2. The van der Waals surface area contributed by atoms with E-state index in [2.05, 4.69) is 47.1 Å². The van der Waals surface area contributed by atoms with Crippen molar-refractivity contribution in [2.75, 3.05) is 0 Å². The summed E-state index contributed by atoms with van der Waals surface area (Å²) in [5.74, 6) is 0. The van der Waals surface area contributed by atoms with Crippen LogP contribution in [0.15, 0.2) is 24.3 Å². The summed E-state index contributed by atoms with van der Waals surface area (Å²) >= 11 is 3.59. The van der Waals surface area contributed by atoms with Crippen molar-refractivity contribution in [3.05, 3.63) is 35.4 Å². The summed E-state index contributed by atoms with van der Waals surface area (Å²) in [6.45, 7) is 4.06. The maximum atomic E-state index is 13.1. The van der Waals surface area contributed by atoms with Crippen molar-refractivity contribution in [2.45, 2.75) is 31.3 Å². The Balaban J connectivity index is 2.20. The first kappa shape index (κ1) is 10.2. The summed E-state index contributed by atoms with van der Waals surface area (Å²) in [7, 11) is 0. The van der Waals surface area contributed by atoms with Crippen LogP contribution in [0.25, 0.3) is 0 Å². The molecule has 1 saturated carbocycles. The number of benzene rings is 1. The first-order valence-corrected chi connectivity index (χ1v) is 5.80. The molecule has 2 rings (SSSR count). The Labute approximate surface area is 92.6 Å². The van der Waals surface area contributed by atoms with Crippen LogP contribution in [0.5, 0.6) is 0 Å². The molecule has 0 N–H and O–H groups in total. The molecule has 14 heavy (non-hydrogen) atoms.